The van der Waals surface area contributed by atoms with Crippen LogP contribution in [-0.2, 0) is 12.8 Å². The minimum absolute atomic E-state index is 1.18. The first kappa shape index (κ1) is 9.09. The third-order valence-electron chi connectivity index (χ3n) is 3.76. The Bertz CT molecular complexity index is 692. The molecule has 0 unspecified atom stereocenters. The van der Waals surface area contributed by atoms with Crippen molar-refractivity contribution in [2.24, 2.45) is 0 Å². The third kappa shape index (κ3) is 0.992. The Kier molecular flexibility index (Phi) is 1.56. The van der Waals surface area contributed by atoms with E-state index in [1.54, 1.807) is 32.0 Å². The first-order valence-electron chi connectivity index (χ1n) is 5.70. The van der Waals surface area contributed by atoms with E-state index in [2.05, 4.69) is 22.9 Å². The van der Waals surface area contributed by atoms with Gasteiger partial charge in [-0.2, -0.15) is 0 Å². The van der Waals surface area contributed by atoms with Crippen LogP contribution in [0.2, 0.25) is 0 Å². The van der Waals surface area contributed by atoms with Crippen LogP contribution in [0, 0.1) is 0 Å². The monoisotopic (exact) mass is 272 g/mol. The lowest BCUT2D eigenvalue weighted by molar-refractivity contribution is 1.18. The van der Waals surface area contributed by atoms with Crippen molar-refractivity contribution in [2.45, 2.75) is 12.8 Å². The molecule has 0 N–H and O–H groups in total. The van der Waals surface area contributed by atoms with E-state index in [-0.39, 0.29) is 0 Å². The predicted molar refractivity (Wildman–Crippen MR) is 76.6 cm³/mol. The summed E-state index contributed by atoms with van der Waals surface area (Å²) >= 11 is 5.84. The predicted octanol–water partition coefficient (Wildman–Crippen LogP) is 5.01. The molecule has 0 saturated carbocycles. The van der Waals surface area contributed by atoms with E-state index < -0.39 is 0 Å². The SMILES string of the molecule is c1cc2c(s1)-c1sc3c(c1C2)Cc1ccsc1-3. The summed E-state index contributed by atoms with van der Waals surface area (Å²) < 4.78 is 0. The van der Waals surface area contributed by atoms with E-state index in [0.717, 1.165) is 0 Å². The zero-order chi connectivity index (χ0) is 11.0. The molecule has 17 heavy (non-hydrogen) atoms. The molecular formula is C14H8S3. The highest BCUT2D eigenvalue weighted by Crippen LogP contribution is 2.55. The zero-order valence-electron chi connectivity index (χ0n) is 8.95. The number of hydrogen-bond donors (Lipinski definition) is 0. The van der Waals surface area contributed by atoms with Gasteiger partial charge < -0.3 is 0 Å². The number of hydrogen-bond acceptors (Lipinski definition) is 3. The summed E-state index contributed by atoms with van der Waals surface area (Å²) in [6.45, 7) is 0. The molecule has 0 aliphatic heterocycles. The molecule has 0 amide bonds. The molecule has 0 atom stereocenters. The molecule has 3 heterocycles. The molecule has 2 aliphatic carbocycles. The maximum Gasteiger partial charge on any atom is 0.0490 e. The smallest absolute Gasteiger partial charge is 0.0490 e. The summed E-state index contributed by atoms with van der Waals surface area (Å²) in [5.74, 6) is 0. The van der Waals surface area contributed by atoms with Crippen LogP contribution in [0.5, 0.6) is 0 Å². The van der Waals surface area contributed by atoms with Crippen LogP contribution in [-0.4, -0.2) is 0 Å². The molecule has 0 saturated heterocycles. The van der Waals surface area contributed by atoms with Gasteiger partial charge in [0.2, 0.25) is 0 Å². The average Bonchev–Trinajstić information content (AvgIpc) is 2.99. The Morgan fingerprint density at radius 1 is 0.706 bits per heavy atom. The molecule has 3 aromatic heterocycles. The van der Waals surface area contributed by atoms with Crippen molar-refractivity contribution in [2.75, 3.05) is 0 Å². The molecule has 0 aromatic carbocycles. The fraction of sp³-hybridized carbons (Fsp3) is 0.143. The van der Waals surface area contributed by atoms with Gasteiger partial charge in [0.15, 0.2) is 0 Å². The van der Waals surface area contributed by atoms with Gasteiger partial charge in [0.1, 0.15) is 0 Å². The summed E-state index contributed by atoms with van der Waals surface area (Å²) in [7, 11) is 0. The van der Waals surface area contributed by atoms with Gasteiger partial charge in [-0.15, -0.1) is 34.0 Å². The van der Waals surface area contributed by atoms with Gasteiger partial charge in [-0.05, 0) is 45.1 Å². The molecule has 0 fully saturated rings. The van der Waals surface area contributed by atoms with Crippen molar-refractivity contribution in [3.63, 3.8) is 0 Å². The van der Waals surface area contributed by atoms with Crippen LogP contribution in [0.25, 0.3) is 19.5 Å². The van der Waals surface area contributed by atoms with Crippen LogP contribution in [0.3, 0.4) is 0 Å². The fourth-order valence-corrected chi connectivity index (χ4v) is 6.58. The fourth-order valence-electron chi connectivity index (χ4n) is 2.97. The summed E-state index contributed by atoms with van der Waals surface area (Å²) in [6, 6.07) is 4.59. The average molecular weight is 272 g/mol. The van der Waals surface area contributed by atoms with Crippen molar-refractivity contribution < 1.29 is 0 Å². The molecule has 0 radical (unpaired) electrons. The molecule has 0 bridgehead atoms. The third-order valence-corrected chi connectivity index (χ3v) is 7.27. The van der Waals surface area contributed by atoms with E-state index in [1.165, 1.54) is 22.6 Å². The van der Waals surface area contributed by atoms with Crippen LogP contribution in [0.1, 0.15) is 22.3 Å². The van der Waals surface area contributed by atoms with Crippen molar-refractivity contribution in [3.8, 4) is 19.5 Å². The first-order chi connectivity index (χ1) is 8.42. The Morgan fingerprint density at radius 3 is 1.76 bits per heavy atom. The van der Waals surface area contributed by atoms with Crippen LogP contribution in [0.4, 0.5) is 0 Å². The van der Waals surface area contributed by atoms with E-state index in [4.69, 9.17) is 0 Å². The quantitative estimate of drug-likeness (QED) is 0.371. The summed E-state index contributed by atoms with van der Waals surface area (Å²) in [4.78, 5) is 6.22. The lowest BCUT2D eigenvalue weighted by Gasteiger charge is -1.95. The Balaban J connectivity index is 1.83. The van der Waals surface area contributed by atoms with Gasteiger partial charge in [-0.1, -0.05) is 0 Å². The minimum atomic E-state index is 1.18. The van der Waals surface area contributed by atoms with Gasteiger partial charge >= 0.3 is 0 Å². The van der Waals surface area contributed by atoms with Gasteiger partial charge in [-0.3, -0.25) is 0 Å². The van der Waals surface area contributed by atoms with Crippen molar-refractivity contribution in [1.29, 1.82) is 0 Å². The zero-order valence-corrected chi connectivity index (χ0v) is 11.4. The van der Waals surface area contributed by atoms with E-state index in [1.807, 2.05) is 34.0 Å². The van der Waals surface area contributed by atoms with Crippen LogP contribution >= 0.6 is 34.0 Å². The van der Waals surface area contributed by atoms with E-state index in [0.29, 0.717) is 0 Å². The lowest BCUT2D eigenvalue weighted by atomic mass is 10.1. The summed E-state index contributed by atoms with van der Waals surface area (Å²) in [6.07, 6.45) is 2.35. The van der Waals surface area contributed by atoms with Crippen molar-refractivity contribution >= 4 is 34.0 Å². The molecule has 0 spiro atoms. The minimum Gasteiger partial charge on any atom is -0.143 e. The largest absolute Gasteiger partial charge is 0.143 e. The van der Waals surface area contributed by atoms with Crippen molar-refractivity contribution in [1.82, 2.24) is 0 Å². The number of thiophene rings is 3. The lowest BCUT2D eigenvalue weighted by Crippen LogP contribution is -1.85. The number of fused-ring (bicyclic) bond motifs is 7. The second-order valence-electron chi connectivity index (χ2n) is 4.62. The van der Waals surface area contributed by atoms with Gasteiger partial charge in [0, 0.05) is 32.4 Å². The second kappa shape index (κ2) is 2.91. The van der Waals surface area contributed by atoms with Crippen LogP contribution < -0.4 is 0 Å². The molecule has 2 aliphatic rings. The topological polar surface area (TPSA) is 0 Å². The number of rotatable bonds is 0. The van der Waals surface area contributed by atoms with E-state index >= 15 is 0 Å². The molecular weight excluding hydrogens is 264 g/mol. The first-order valence-corrected chi connectivity index (χ1v) is 8.27. The molecule has 3 aromatic rings. The van der Waals surface area contributed by atoms with E-state index in [9.17, 15) is 0 Å². The van der Waals surface area contributed by atoms with Gasteiger partial charge in [-0.25, -0.2) is 0 Å². The Labute approximate surface area is 111 Å². The maximum absolute atomic E-state index is 2.30. The van der Waals surface area contributed by atoms with Gasteiger partial charge in [0.05, 0.1) is 0 Å². The maximum atomic E-state index is 2.30. The highest BCUT2D eigenvalue weighted by Gasteiger charge is 2.32. The highest BCUT2D eigenvalue weighted by atomic mass is 32.1. The van der Waals surface area contributed by atoms with Gasteiger partial charge in [0.25, 0.3) is 0 Å². The second-order valence-corrected chi connectivity index (χ2v) is 7.47. The van der Waals surface area contributed by atoms with Crippen LogP contribution in [0.15, 0.2) is 22.9 Å². The standard InChI is InChI=1S/C14H8S3/c1-3-15-11-7(1)5-9-10-6-8-2-4-16-12(8)14(10)17-13(9)11/h1-4H,5-6H2. The molecule has 5 rings (SSSR count). The summed E-state index contributed by atoms with van der Waals surface area (Å²) in [5, 5.41) is 4.46. The normalized spacial score (nSPS) is 14.6. The Hall–Kier alpha value is -0.900. The highest BCUT2D eigenvalue weighted by molar-refractivity contribution is 7.26. The molecule has 82 valence electrons. The molecule has 3 heteroatoms. The summed E-state index contributed by atoms with van der Waals surface area (Å²) in [5.41, 5.74) is 6.37. The van der Waals surface area contributed by atoms with Crippen molar-refractivity contribution in [3.05, 3.63) is 45.1 Å². The Morgan fingerprint density at radius 2 is 1.24 bits per heavy atom. The molecule has 0 nitrogen and oxygen atoms in total.